The summed E-state index contributed by atoms with van der Waals surface area (Å²) in [5.41, 5.74) is -0.328. The minimum absolute atomic E-state index is 0.0473. The Balaban J connectivity index is 2.27. The van der Waals surface area contributed by atoms with Crippen molar-refractivity contribution < 1.29 is 9.53 Å². The topological polar surface area (TPSA) is 29.5 Å². The van der Waals surface area contributed by atoms with E-state index in [0.717, 1.165) is 32.4 Å². The van der Waals surface area contributed by atoms with Gasteiger partial charge in [0.25, 0.3) is 0 Å². The van der Waals surface area contributed by atoms with Crippen molar-refractivity contribution in [1.82, 2.24) is 4.90 Å². The van der Waals surface area contributed by atoms with Gasteiger partial charge >= 0.3 is 5.97 Å². The molecule has 0 spiro atoms. The first-order chi connectivity index (χ1) is 7.45. The van der Waals surface area contributed by atoms with Gasteiger partial charge in [0.2, 0.25) is 0 Å². The molecule has 0 amide bonds. The Morgan fingerprint density at radius 1 is 1.38 bits per heavy atom. The minimum Gasteiger partial charge on any atom is -0.465 e. The smallest absolute Gasteiger partial charge is 0.311 e. The van der Waals surface area contributed by atoms with Crippen molar-refractivity contribution >= 4 is 5.97 Å². The molecule has 0 radical (unpaired) electrons. The molecule has 16 heavy (non-hydrogen) atoms. The number of esters is 1. The van der Waals surface area contributed by atoms with Gasteiger partial charge in [-0.25, -0.2) is 0 Å². The third kappa shape index (κ3) is 3.78. The Morgan fingerprint density at radius 3 is 2.44 bits per heavy atom. The normalized spacial score (nSPS) is 19.8. The zero-order valence-corrected chi connectivity index (χ0v) is 11.1. The molecule has 94 valence electrons. The van der Waals surface area contributed by atoms with Crippen LogP contribution in [0.2, 0.25) is 0 Å². The number of carbonyl (C=O) groups is 1. The lowest BCUT2D eigenvalue weighted by molar-refractivity contribution is -0.156. The van der Waals surface area contributed by atoms with Gasteiger partial charge < -0.3 is 9.64 Å². The van der Waals surface area contributed by atoms with Crippen molar-refractivity contribution in [3.63, 3.8) is 0 Å². The monoisotopic (exact) mass is 227 g/mol. The fraction of sp³-hybridized carbons (Fsp3) is 0.923. The Labute approximate surface area is 99.1 Å². The molecule has 0 aromatic rings. The maximum Gasteiger partial charge on any atom is 0.311 e. The fourth-order valence-electron chi connectivity index (χ4n) is 1.76. The molecule has 0 aromatic carbocycles. The lowest BCUT2D eigenvalue weighted by Crippen LogP contribution is -2.34. The zero-order valence-electron chi connectivity index (χ0n) is 11.1. The molecular weight excluding hydrogens is 202 g/mol. The van der Waals surface area contributed by atoms with Crippen molar-refractivity contribution in [2.24, 2.45) is 11.3 Å². The van der Waals surface area contributed by atoms with Crippen molar-refractivity contribution in [3.8, 4) is 0 Å². The number of nitrogens with zero attached hydrogens (tertiary/aromatic N) is 1. The van der Waals surface area contributed by atoms with E-state index in [2.05, 4.69) is 11.9 Å². The predicted molar refractivity (Wildman–Crippen MR) is 65.3 cm³/mol. The Bertz CT molecular complexity index is 230. The maximum absolute atomic E-state index is 11.8. The standard InChI is InChI=1S/C13H25NO2/c1-5-13(2,3)12(15)16-10-11-6-8-14(4)9-7-11/h11H,5-10H2,1-4H3. The molecule has 0 N–H and O–H groups in total. The quantitative estimate of drug-likeness (QED) is 0.690. The Hall–Kier alpha value is -0.570. The molecular formula is C13H25NO2. The average Bonchev–Trinajstić information content (AvgIpc) is 2.28. The van der Waals surface area contributed by atoms with Crippen LogP contribution in [0, 0.1) is 11.3 Å². The molecule has 0 aromatic heterocycles. The number of likely N-dealkylation sites (tertiary alicyclic amines) is 1. The lowest BCUT2D eigenvalue weighted by Gasteiger charge is -2.29. The highest BCUT2D eigenvalue weighted by Crippen LogP contribution is 2.23. The molecule has 3 nitrogen and oxygen atoms in total. The SMILES string of the molecule is CCC(C)(C)C(=O)OCC1CCN(C)CC1. The molecule has 1 saturated heterocycles. The summed E-state index contributed by atoms with van der Waals surface area (Å²) in [6.07, 6.45) is 3.13. The maximum atomic E-state index is 11.8. The van der Waals surface area contributed by atoms with Gasteiger partial charge in [-0.3, -0.25) is 4.79 Å². The fourth-order valence-corrected chi connectivity index (χ4v) is 1.76. The Morgan fingerprint density at radius 2 is 1.94 bits per heavy atom. The van der Waals surface area contributed by atoms with E-state index in [1.807, 2.05) is 20.8 Å². The van der Waals surface area contributed by atoms with Gasteiger partial charge in [0.15, 0.2) is 0 Å². The molecule has 1 fully saturated rings. The van der Waals surface area contributed by atoms with Gasteiger partial charge in [-0.05, 0) is 59.2 Å². The van der Waals surface area contributed by atoms with E-state index >= 15 is 0 Å². The van der Waals surface area contributed by atoms with Gasteiger partial charge in [0.05, 0.1) is 12.0 Å². The van der Waals surface area contributed by atoms with E-state index in [1.165, 1.54) is 0 Å². The number of hydrogen-bond donors (Lipinski definition) is 0. The molecule has 1 aliphatic heterocycles. The summed E-state index contributed by atoms with van der Waals surface area (Å²) < 4.78 is 5.41. The van der Waals surface area contributed by atoms with Crippen LogP contribution >= 0.6 is 0 Å². The van der Waals surface area contributed by atoms with Crippen LogP contribution in [-0.4, -0.2) is 37.6 Å². The molecule has 0 saturated carbocycles. The van der Waals surface area contributed by atoms with Crippen LogP contribution in [0.1, 0.15) is 40.0 Å². The number of carbonyl (C=O) groups excluding carboxylic acids is 1. The zero-order chi connectivity index (χ0) is 12.2. The van der Waals surface area contributed by atoms with Gasteiger partial charge in [-0.1, -0.05) is 6.92 Å². The van der Waals surface area contributed by atoms with Crippen LogP contribution in [0.3, 0.4) is 0 Å². The van der Waals surface area contributed by atoms with E-state index in [-0.39, 0.29) is 11.4 Å². The van der Waals surface area contributed by atoms with Crippen LogP contribution < -0.4 is 0 Å². The van der Waals surface area contributed by atoms with Crippen LogP contribution in [0.15, 0.2) is 0 Å². The highest BCUT2D eigenvalue weighted by Gasteiger charge is 2.28. The van der Waals surface area contributed by atoms with Gasteiger partial charge in [-0.2, -0.15) is 0 Å². The largest absolute Gasteiger partial charge is 0.465 e. The second-order valence-electron chi connectivity index (χ2n) is 5.58. The predicted octanol–water partition coefficient (Wildman–Crippen LogP) is 2.31. The van der Waals surface area contributed by atoms with Crippen molar-refractivity contribution in [3.05, 3.63) is 0 Å². The highest BCUT2D eigenvalue weighted by molar-refractivity contribution is 5.75. The summed E-state index contributed by atoms with van der Waals surface area (Å²) in [6, 6.07) is 0. The third-order valence-corrected chi connectivity index (χ3v) is 3.72. The molecule has 1 aliphatic rings. The van der Waals surface area contributed by atoms with E-state index in [0.29, 0.717) is 12.5 Å². The first-order valence-corrected chi connectivity index (χ1v) is 6.31. The van der Waals surface area contributed by atoms with Crippen molar-refractivity contribution in [1.29, 1.82) is 0 Å². The number of ether oxygens (including phenoxy) is 1. The number of piperidine rings is 1. The molecule has 0 aliphatic carbocycles. The molecule has 1 rings (SSSR count). The van der Waals surface area contributed by atoms with Gasteiger partial charge in [0, 0.05) is 0 Å². The second-order valence-corrected chi connectivity index (χ2v) is 5.58. The average molecular weight is 227 g/mol. The first kappa shape index (κ1) is 13.5. The molecule has 3 heteroatoms. The second kappa shape index (κ2) is 5.67. The van der Waals surface area contributed by atoms with Crippen molar-refractivity contribution in [2.75, 3.05) is 26.7 Å². The highest BCUT2D eigenvalue weighted by atomic mass is 16.5. The summed E-state index contributed by atoms with van der Waals surface area (Å²) in [7, 11) is 2.14. The van der Waals surface area contributed by atoms with Crippen molar-refractivity contribution in [2.45, 2.75) is 40.0 Å². The summed E-state index contributed by atoms with van der Waals surface area (Å²) in [5.74, 6) is 0.515. The van der Waals surface area contributed by atoms with Gasteiger partial charge in [-0.15, -0.1) is 0 Å². The molecule has 0 atom stereocenters. The summed E-state index contributed by atoms with van der Waals surface area (Å²) in [5, 5.41) is 0. The third-order valence-electron chi connectivity index (χ3n) is 3.72. The van der Waals surface area contributed by atoms with Crippen LogP contribution in [0.25, 0.3) is 0 Å². The lowest BCUT2D eigenvalue weighted by atomic mass is 9.90. The van der Waals surface area contributed by atoms with Gasteiger partial charge in [0.1, 0.15) is 0 Å². The molecule has 0 bridgehead atoms. The van der Waals surface area contributed by atoms with E-state index in [9.17, 15) is 4.79 Å². The summed E-state index contributed by atoms with van der Waals surface area (Å²) >= 11 is 0. The summed E-state index contributed by atoms with van der Waals surface area (Å²) in [4.78, 5) is 14.1. The minimum atomic E-state index is -0.328. The first-order valence-electron chi connectivity index (χ1n) is 6.31. The van der Waals surface area contributed by atoms with E-state index < -0.39 is 0 Å². The van der Waals surface area contributed by atoms with E-state index in [1.54, 1.807) is 0 Å². The van der Waals surface area contributed by atoms with Crippen LogP contribution in [-0.2, 0) is 9.53 Å². The summed E-state index contributed by atoms with van der Waals surface area (Å²) in [6.45, 7) is 8.78. The van der Waals surface area contributed by atoms with E-state index in [4.69, 9.17) is 4.74 Å². The molecule has 0 unspecified atom stereocenters. The number of rotatable bonds is 4. The number of hydrogen-bond acceptors (Lipinski definition) is 3. The Kier molecular flexibility index (Phi) is 4.78. The molecule has 1 heterocycles. The van der Waals surface area contributed by atoms with Crippen LogP contribution in [0.4, 0.5) is 0 Å². The van der Waals surface area contributed by atoms with Crippen LogP contribution in [0.5, 0.6) is 0 Å².